The van der Waals surface area contributed by atoms with E-state index in [9.17, 15) is 4.39 Å². The third-order valence-electron chi connectivity index (χ3n) is 2.85. The first-order valence-electron chi connectivity index (χ1n) is 6.30. The summed E-state index contributed by atoms with van der Waals surface area (Å²) in [6, 6.07) is 3.59. The molecule has 1 aromatic rings. The highest BCUT2D eigenvalue weighted by atomic mass is 32.2. The van der Waals surface area contributed by atoms with Gasteiger partial charge in [0, 0.05) is 16.2 Å². The van der Waals surface area contributed by atoms with E-state index in [0.29, 0.717) is 5.56 Å². The third kappa shape index (κ3) is 3.97. The van der Waals surface area contributed by atoms with Crippen molar-refractivity contribution < 1.29 is 9.50 Å². The van der Waals surface area contributed by atoms with Gasteiger partial charge in [0.15, 0.2) is 0 Å². The summed E-state index contributed by atoms with van der Waals surface area (Å²) in [7, 11) is 0. The fourth-order valence-corrected chi connectivity index (χ4v) is 2.91. The first-order chi connectivity index (χ1) is 8.49. The number of aryl methyl sites for hydroxylation is 1. The topological polar surface area (TPSA) is 32.3 Å². The minimum atomic E-state index is -0.171. The molecule has 0 saturated carbocycles. The van der Waals surface area contributed by atoms with E-state index in [1.807, 2.05) is 26.8 Å². The predicted molar refractivity (Wildman–Crippen MR) is 75.6 cm³/mol. The molecule has 0 spiro atoms. The van der Waals surface area contributed by atoms with Crippen LogP contribution in [-0.2, 0) is 0 Å². The highest BCUT2D eigenvalue weighted by Crippen LogP contribution is 2.32. The third-order valence-corrected chi connectivity index (χ3v) is 4.01. The normalized spacial score (nSPS) is 14.6. The van der Waals surface area contributed by atoms with Gasteiger partial charge in [0.25, 0.3) is 0 Å². The van der Waals surface area contributed by atoms with Gasteiger partial charge >= 0.3 is 0 Å². The van der Waals surface area contributed by atoms with Crippen molar-refractivity contribution in [3.63, 3.8) is 0 Å². The molecule has 0 aliphatic heterocycles. The number of aliphatic hydroxyl groups excluding tert-OH is 1. The Kier molecular flexibility index (Phi) is 6.12. The second-order valence-electron chi connectivity index (χ2n) is 4.53. The molecule has 2 N–H and O–H groups in total. The van der Waals surface area contributed by atoms with Gasteiger partial charge in [-0.25, -0.2) is 4.39 Å². The summed E-state index contributed by atoms with van der Waals surface area (Å²) in [6.45, 7) is 8.76. The van der Waals surface area contributed by atoms with Gasteiger partial charge in [0.2, 0.25) is 0 Å². The van der Waals surface area contributed by atoms with Crippen molar-refractivity contribution in [3.05, 3.63) is 29.1 Å². The average molecular weight is 271 g/mol. The molecule has 0 radical (unpaired) electrons. The molecule has 102 valence electrons. The lowest BCUT2D eigenvalue weighted by atomic mass is 10.1. The monoisotopic (exact) mass is 271 g/mol. The van der Waals surface area contributed by atoms with Crippen LogP contribution in [0.3, 0.4) is 0 Å². The van der Waals surface area contributed by atoms with E-state index >= 15 is 0 Å². The molecular formula is C14H22FNOS. The Bertz CT molecular complexity index is 398. The quantitative estimate of drug-likeness (QED) is 0.779. The van der Waals surface area contributed by atoms with Crippen LogP contribution in [0.15, 0.2) is 17.0 Å². The SMILES string of the molecule is CCNC(C)c1cc(F)c(C)cc1SC(C)CO. The smallest absolute Gasteiger partial charge is 0.126 e. The molecule has 0 aliphatic carbocycles. The molecule has 0 fully saturated rings. The van der Waals surface area contributed by atoms with Gasteiger partial charge in [-0.05, 0) is 43.7 Å². The Morgan fingerprint density at radius 3 is 2.61 bits per heavy atom. The van der Waals surface area contributed by atoms with Crippen molar-refractivity contribution >= 4 is 11.8 Å². The van der Waals surface area contributed by atoms with Crippen molar-refractivity contribution in [1.29, 1.82) is 0 Å². The molecule has 1 rings (SSSR count). The second-order valence-corrected chi connectivity index (χ2v) is 6.01. The van der Waals surface area contributed by atoms with Gasteiger partial charge < -0.3 is 10.4 Å². The summed E-state index contributed by atoms with van der Waals surface area (Å²) in [5.74, 6) is -0.171. The predicted octanol–water partition coefficient (Wildman–Crippen LogP) is 3.28. The van der Waals surface area contributed by atoms with Gasteiger partial charge in [-0.3, -0.25) is 0 Å². The average Bonchev–Trinajstić information content (AvgIpc) is 2.33. The van der Waals surface area contributed by atoms with E-state index in [0.717, 1.165) is 17.0 Å². The molecule has 4 heteroatoms. The molecule has 2 atom stereocenters. The maximum absolute atomic E-state index is 13.7. The van der Waals surface area contributed by atoms with Gasteiger partial charge in [0.05, 0.1) is 6.61 Å². The van der Waals surface area contributed by atoms with Crippen LogP contribution < -0.4 is 5.32 Å². The number of nitrogens with one attached hydrogen (secondary N) is 1. The highest BCUT2D eigenvalue weighted by Gasteiger charge is 2.15. The summed E-state index contributed by atoms with van der Waals surface area (Å²) in [4.78, 5) is 1.05. The zero-order valence-electron chi connectivity index (χ0n) is 11.5. The van der Waals surface area contributed by atoms with Crippen LogP contribution in [0.4, 0.5) is 4.39 Å². The van der Waals surface area contributed by atoms with E-state index in [4.69, 9.17) is 5.11 Å². The Morgan fingerprint density at radius 2 is 2.06 bits per heavy atom. The fourth-order valence-electron chi connectivity index (χ4n) is 1.78. The number of hydrogen-bond donors (Lipinski definition) is 2. The molecule has 0 saturated heterocycles. The van der Waals surface area contributed by atoms with Crippen LogP contribution in [0, 0.1) is 12.7 Å². The Balaban J connectivity index is 3.08. The summed E-state index contributed by atoms with van der Waals surface area (Å²) in [5, 5.41) is 12.6. The number of halogens is 1. The van der Waals surface area contributed by atoms with Crippen molar-refractivity contribution in [3.8, 4) is 0 Å². The number of hydrogen-bond acceptors (Lipinski definition) is 3. The van der Waals surface area contributed by atoms with Gasteiger partial charge in [-0.15, -0.1) is 11.8 Å². The Labute approximate surface area is 113 Å². The number of aliphatic hydroxyl groups is 1. The lowest BCUT2D eigenvalue weighted by Crippen LogP contribution is -2.19. The minimum Gasteiger partial charge on any atom is -0.395 e. The lowest BCUT2D eigenvalue weighted by molar-refractivity contribution is 0.300. The summed E-state index contributed by atoms with van der Waals surface area (Å²) < 4.78 is 13.7. The van der Waals surface area contributed by atoms with E-state index < -0.39 is 0 Å². The molecule has 2 unspecified atom stereocenters. The maximum Gasteiger partial charge on any atom is 0.126 e. The van der Waals surface area contributed by atoms with Crippen LogP contribution in [0.2, 0.25) is 0 Å². The summed E-state index contributed by atoms with van der Waals surface area (Å²) in [5.41, 5.74) is 1.61. The molecule has 18 heavy (non-hydrogen) atoms. The summed E-state index contributed by atoms with van der Waals surface area (Å²) >= 11 is 1.59. The molecule has 0 heterocycles. The van der Waals surface area contributed by atoms with Crippen LogP contribution in [0.1, 0.15) is 37.9 Å². The fraction of sp³-hybridized carbons (Fsp3) is 0.571. The largest absolute Gasteiger partial charge is 0.395 e. The molecule has 2 nitrogen and oxygen atoms in total. The van der Waals surface area contributed by atoms with E-state index in [1.165, 1.54) is 0 Å². The van der Waals surface area contributed by atoms with E-state index in [1.54, 1.807) is 24.8 Å². The molecule has 0 aromatic heterocycles. The first kappa shape index (κ1) is 15.5. The van der Waals surface area contributed by atoms with Crippen LogP contribution in [0.25, 0.3) is 0 Å². The van der Waals surface area contributed by atoms with E-state index in [2.05, 4.69) is 5.32 Å². The van der Waals surface area contributed by atoms with Gasteiger partial charge in [0.1, 0.15) is 5.82 Å². The summed E-state index contributed by atoms with van der Waals surface area (Å²) in [6.07, 6.45) is 0. The number of rotatable bonds is 6. The van der Waals surface area contributed by atoms with E-state index in [-0.39, 0.29) is 23.7 Å². The number of thioether (sulfide) groups is 1. The number of benzene rings is 1. The van der Waals surface area contributed by atoms with Crippen molar-refractivity contribution in [2.45, 2.75) is 43.9 Å². The molecular weight excluding hydrogens is 249 g/mol. The molecule has 1 aromatic carbocycles. The van der Waals surface area contributed by atoms with Crippen molar-refractivity contribution in [1.82, 2.24) is 5.32 Å². The maximum atomic E-state index is 13.7. The van der Waals surface area contributed by atoms with Crippen molar-refractivity contribution in [2.24, 2.45) is 0 Å². The second kappa shape index (κ2) is 7.12. The minimum absolute atomic E-state index is 0.110. The lowest BCUT2D eigenvalue weighted by Gasteiger charge is -2.19. The zero-order valence-corrected chi connectivity index (χ0v) is 12.3. The highest BCUT2D eigenvalue weighted by molar-refractivity contribution is 8.00. The molecule has 0 bridgehead atoms. The van der Waals surface area contributed by atoms with Crippen LogP contribution in [-0.4, -0.2) is 23.5 Å². The van der Waals surface area contributed by atoms with Crippen LogP contribution >= 0.6 is 11.8 Å². The first-order valence-corrected chi connectivity index (χ1v) is 7.18. The van der Waals surface area contributed by atoms with Gasteiger partial charge in [-0.2, -0.15) is 0 Å². The molecule has 0 aliphatic rings. The Morgan fingerprint density at radius 1 is 1.39 bits per heavy atom. The molecule has 0 amide bonds. The van der Waals surface area contributed by atoms with Crippen LogP contribution in [0.5, 0.6) is 0 Å². The van der Waals surface area contributed by atoms with Gasteiger partial charge in [-0.1, -0.05) is 13.8 Å². The zero-order chi connectivity index (χ0) is 13.7. The standard InChI is InChI=1S/C14H22FNOS/c1-5-16-11(4)12-7-13(15)9(2)6-14(12)18-10(3)8-17/h6-7,10-11,16-17H,5,8H2,1-4H3. The van der Waals surface area contributed by atoms with Crippen molar-refractivity contribution in [2.75, 3.05) is 13.2 Å². The Hall–Kier alpha value is -0.580.